The Kier molecular flexibility index (Phi) is 3.53. The summed E-state index contributed by atoms with van der Waals surface area (Å²) < 4.78 is 25.2. The van der Waals surface area contributed by atoms with Crippen molar-refractivity contribution in [1.29, 1.82) is 0 Å². The van der Waals surface area contributed by atoms with Gasteiger partial charge in [-0.3, -0.25) is 4.18 Å². The van der Waals surface area contributed by atoms with Gasteiger partial charge in [-0.15, -0.1) is 0 Å². The zero-order valence-electron chi connectivity index (χ0n) is 5.36. The zero-order chi connectivity index (χ0) is 7.49. The van der Waals surface area contributed by atoms with E-state index in [0.29, 0.717) is 0 Å². The summed E-state index contributed by atoms with van der Waals surface area (Å²) in [7, 11) is -2.15. The number of hydrogen-bond acceptors (Lipinski definition) is 4. The molecular weight excluding hydrogens is 160 g/mol. The summed E-state index contributed by atoms with van der Waals surface area (Å²) in [5.74, 6) is -0.0351. The second-order valence-electron chi connectivity index (χ2n) is 1.74. The topological polar surface area (TPSA) is 43.4 Å². The lowest BCUT2D eigenvalue weighted by Gasteiger charge is -2.01. The third-order valence-corrected chi connectivity index (χ3v) is 2.54. The third kappa shape index (κ3) is 4.74. The van der Waals surface area contributed by atoms with Crippen LogP contribution in [0, 0.1) is 0 Å². The van der Waals surface area contributed by atoms with Crippen LogP contribution >= 0.6 is 12.6 Å². The molecule has 5 heteroatoms. The maximum Gasteiger partial charge on any atom is 0.268 e. The van der Waals surface area contributed by atoms with Crippen molar-refractivity contribution in [3.05, 3.63) is 0 Å². The van der Waals surface area contributed by atoms with Crippen LogP contribution in [0.3, 0.4) is 0 Å². The highest BCUT2D eigenvalue weighted by Crippen LogP contribution is 1.99. The molecule has 0 radical (unpaired) electrons. The Bertz CT molecular complexity index is 159. The van der Waals surface area contributed by atoms with Gasteiger partial charge in [0.25, 0.3) is 10.1 Å². The van der Waals surface area contributed by atoms with E-state index in [1.807, 2.05) is 0 Å². The fourth-order valence-electron chi connectivity index (χ4n) is 0.363. The first-order valence-electron chi connectivity index (χ1n) is 2.44. The van der Waals surface area contributed by atoms with Gasteiger partial charge in [0, 0.05) is 5.25 Å². The van der Waals surface area contributed by atoms with Gasteiger partial charge < -0.3 is 0 Å². The van der Waals surface area contributed by atoms with E-state index in [2.05, 4.69) is 16.8 Å². The van der Waals surface area contributed by atoms with Crippen molar-refractivity contribution in [2.75, 3.05) is 12.9 Å². The zero-order valence-corrected chi connectivity index (χ0v) is 7.08. The van der Waals surface area contributed by atoms with Gasteiger partial charge in [-0.1, -0.05) is 6.92 Å². The lowest BCUT2D eigenvalue weighted by atomic mass is 10.6. The molecule has 0 N–H and O–H groups in total. The summed E-state index contributed by atoms with van der Waals surface area (Å²) in [6, 6.07) is 0. The highest BCUT2D eigenvalue weighted by molar-refractivity contribution is 7.88. The summed E-state index contributed by atoms with van der Waals surface area (Å²) in [5.41, 5.74) is 0. The van der Waals surface area contributed by atoms with Gasteiger partial charge in [0.05, 0.1) is 12.9 Å². The Hall–Kier alpha value is 0.260. The second kappa shape index (κ2) is 3.43. The molecule has 0 aromatic carbocycles. The molecule has 0 fully saturated rings. The Balaban J connectivity index is 3.90. The third-order valence-electron chi connectivity index (χ3n) is 0.699. The lowest BCUT2D eigenvalue weighted by Crippen LogP contribution is -2.14. The molecule has 3 nitrogen and oxygen atoms in total. The first kappa shape index (κ1) is 9.26. The predicted molar refractivity (Wildman–Crippen MR) is 39.2 cm³/mol. The van der Waals surface area contributed by atoms with E-state index in [-0.39, 0.29) is 11.0 Å². The molecular formula is C4H10O3S2. The predicted octanol–water partition coefficient (Wildman–Crippen LogP) is 0.281. The first-order valence-corrected chi connectivity index (χ1v) is 4.53. The van der Waals surface area contributed by atoms with Gasteiger partial charge in [0.1, 0.15) is 0 Å². The van der Waals surface area contributed by atoms with E-state index in [1.165, 1.54) is 0 Å². The first-order chi connectivity index (χ1) is 3.98. The van der Waals surface area contributed by atoms with E-state index in [1.54, 1.807) is 6.92 Å². The molecule has 0 aromatic rings. The van der Waals surface area contributed by atoms with E-state index < -0.39 is 10.1 Å². The molecule has 0 bridgehead atoms. The summed E-state index contributed by atoms with van der Waals surface area (Å²) in [6.07, 6.45) is 0. The van der Waals surface area contributed by atoms with Crippen LogP contribution in [0.15, 0.2) is 0 Å². The highest BCUT2D eigenvalue weighted by atomic mass is 32.2. The van der Waals surface area contributed by atoms with Gasteiger partial charge in [0.2, 0.25) is 0 Å². The molecule has 0 amide bonds. The fraction of sp³-hybridized carbons (Fsp3) is 1.00. The lowest BCUT2D eigenvalue weighted by molar-refractivity contribution is 0.398. The monoisotopic (exact) mass is 170 g/mol. The molecule has 0 aliphatic rings. The maximum atomic E-state index is 10.5. The van der Waals surface area contributed by atoms with Crippen molar-refractivity contribution >= 4 is 22.7 Å². The summed E-state index contributed by atoms with van der Waals surface area (Å²) in [4.78, 5) is 0. The number of thiol groups is 1. The van der Waals surface area contributed by atoms with Crippen LogP contribution in [0.25, 0.3) is 0 Å². The normalized spacial score (nSPS) is 15.4. The quantitative estimate of drug-likeness (QED) is 0.489. The summed E-state index contributed by atoms with van der Waals surface area (Å²) >= 11 is 3.89. The number of hydrogen-bond donors (Lipinski definition) is 1. The molecule has 0 spiro atoms. The average molecular weight is 170 g/mol. The van der Waals surface area contributed by atoms with Crippen molar-refractivity contribution in [2.24, 2.45) is 0 Å². The molecule has 0 saturated carbocycles. The minimum absolute atomic E-state index is 0.0351. The van der Waals surface area contributed by atoms with Crippen LogP contribution in [0.4, 0.5) is 0 Å². The second-order valence-corrected chi connectivity index (χ2v) is 4.40. The standard InChI is InChI=1S/C4H10O3S2/c1-4(8)3-9(5,6)7-2/h4,8H,3H2,1-2H3. The van der Waals surface area contributed by atoms with E-state index in [4.69, 9.17) is 0 Å². The molecule has 0 saturated heterocycles. The van der Waals surface area contributed by atoms with E-state index in [9.17, 15) is 8.42 Å². The Morgan fingerprint density at radius 2 is 2.11 bits per heavy atom. The Morgan fingerprint density at radius 1 is 1.67 bits per heavy atom. The Labute approximate surface area is 60.9 Å². The average Bonchev–Trinajstić information content (AvgIpc) is 1.63. The minimum atomic E-state index is -3.30. The molecule has 0 rings (SSSR count). The van der Waals surface area contributed by atoms with E-state index in [0.717, 1.165) is 7.11 Å². The van der Waals surface area contributed by atoms with Crippen molar-refractivity contribution in [2.45, 2.75) is 12.2 Å². The SMILES string of the molecule is COS(=O)(=O)CC(C)S. The molecule has 1 atom stereocenters. The van der Waals surface area contributed by atoms with Crippen LogP contribution in [0.1, 0.15) is 6.92 Å². The summed E-state index contributed by atoms with van der Waals surface area (Å²) in [5, 5.41) is -0.171. The minimum Gasteiger partial charge on any atom is -0.273 e. The van der Waals surface area contributed by atoms with Gasteiger partial charge in [-0.2, -0.15) is 21.0 Å². The maximum absolute atomic E-state index is 10.5. The molecule has 56 valence electrons. The number of rotatable bonds is 3. The van der Waals surface area contributed by atoms with Crippen LogP contribution in [-0.2, 0) is 14.3 Å². The van der Waals surface area contributed by atoms with E-state index >= 15 is 0 Å². The van der Waals surface area contributed by atoms with Crippen molar-refractivity contribution in [3.8, 4) is 0 Å². The fourth-order valence-corrected chi connectivity index (χ4v) is 1.64. The largest absolute Gasteiger partial charge is 0.273 e. The highest BCUT2D eigenvalue weighted by Gasteiger charge is 2.10. The van der Waals surface area contributed by atoms with Crippen LogP contribution in [0.2, 0.25) is 0 Å². The summed E-state index contributed by atoms with van der Waals surface area (Å²) in [6.45, 7) is 1.69. The van der Waals surface area contributed by atoms with Gasteiger partial charge in [-0.05, 0) is 0 Å². The molecule has 9 heavy (non-hydrogen) atoms. The van der Waals surface area contributed by atoms with Crippen molar-refractivity contribution in [1.82, 2.24) is 0 Å². The van der Waals surface area contributed by atoms with Crippen molar-refractivity contribution < 1.29 is 12.6 Å². The smallest absolute Gasteiger partial charge is 0.268 e. The molecule has 0 aromatic heterocycles. The van der Waals surface area contributed by atoms with Gasteiger partial charge >= 0.3 is 0 Å². The molecule has 0 aliphatic heterocycles. The Morgan fingerprint density at radius 3 is 2.22 bits per heavy atom. The van der Waals surface area contributed by atoms with Crippen LogP contribution in [-0.4, -0.2) is 26.5 Å². The molecule has 1 unspecified atom stereocenters. The van der Waals surface area contributed by atoms with Crippen LogP contribution < -0.4 is 0 Å². The van der Waals surface area contributed by atoms with Gasteiger partial charge in [0.15, 0.2) is 0 Å². The molecule has 0 aliphatic carbocycles. The molecule has 0 heterocycles. The van der Waals surface area contributed by atoms with Crippen LogP contribution in [0.5, 0.6) is 0 Å². The van der Waals surface area contributed by atoms with Crippen molar-refractivity contribution in [3.63, 3.8) is 0 Å². The van der Waals surface area contributed by atoms with Gasteiger partial charge in [-0.25, -0.2) is 0 Å².